The third-order valence-corrected chi connectivity index (χ3v) is 12.1. The molecule has 10 rings (SSSR count). The maximum Gasteiger partial charge on any atom is 0.0714 e. The van der Waals surface area contributed by atoms with Crippen LogP contribution >= 0.6 is 0 Å². The van der Waals surface area contributed by atoms with Gasteiger partial charge < -0.3 is 4.90 Å². The van der Waals surface area contributed by atoms with E-state index in [1.54, 1.807) is 0 Å². The van der Waals surface area contributed by atoms with Gasteiger partial charge in [-0.1, -0.05) is 189 Å². The van der Waals surface area contributed by atoms with Gasteiger partial charge in [0.1, 0.15) is 0 Å². The summed E-state index contributed by atoms with van der Waals surface area (Å²) in [6.07, 6.45) is 6.52. The molecule has 8 aromatic carbocycles. The molecule has 260 valence electrons. The molecule has 1 fully saturated rings. The number of benzene rings is 8. The molecule has 0 atom stereocenters. The molecule has 0 aliphatic heterocycles. The van der Waals surface area contributed by atoms with Crippen molar-refractivity contribution >= 4 is 27.8 Å². The van der Waals surface area contributed by atoms with E-state index >= 15 is 0 Å². The minimum atomic E-state index is -0.475. The van der Waals surface area contributed by atoms with Crippen LogP contribution in [0.1, 0.15) is 65.8 Å². The maximum absolute atomic E-state index is 2.53. The topological polar surface area (TPSA) is 3.24 Å². The second-order valence-corrected chi connectivity index (χ2v) is 15.0. The van der Waals surface area contributed by atoms with Gasteiger partial charge in [0.2, 0.25) is 0 Å². The Bertz CT molecular complexity index is 2540. The number of anilines is 3. The molecular weight excluding hydrogens is 651 g/mol. The van der Waals surface area contributed by atoms with E-state index in [9.17, 15) is 0 Å². The summed E-state index contributed by atoms with van der Waals surface area (Å²) in [7, 11) is 0. The average Bonchev–Trinajstić information content (AvgIpc) is 3.56. The summed E-state index contributed by atoms with van der Waals surface area (Å²) in [5, 5.41) is 2.73. The van der Waals surface area contributed by atoms with Crippen molar-refractivity contribution in [1.29, 1.82) is 0 Å². The standard InChI is InChI=1S/C53H43N/c1-5-20-38(21-6-1)43-32-17-22-39-23-18-33-45(51(39)43)44-30-14-16-36-49(44)54(42-28-11-4-12-29-42)50-37-19-35-48-52(50)46-31-13-15-34-47(46)53(48,40-24-7-2-8-25-40)41-26-9-3-10-27-41/h2-4,7-19,22-38H,1,5-6,20-21H2. The van der Waals surface area contributed by atoms with Crippen LogP contribution in [-0.4, -0.2) is 0 Å². The molecule has 1 heteroatoms. The molecule has 8 aromatic rings. The molecule has 0 amide bonds. The lowest BCUT2D eigenvalue weighted by Gasteiger charge is -2.34. The maximum atomic E-state index is 2.53. The summed E-state index contributed by atoms with van der Waals surface area (Å²) >= 11 is 0. The molecule has 54 heavy (non-hydrogen) atoms. The van der Waals surface area contributed by atoms with Crippen molar-refractivity contribution in [3.63, 3.8) is 0 Å². The Kier molecular flexibility index (Phi) is 8.22. The summed E-state index contributed by atoms with van der Waals surface area (Å²) in [6, 6.07) is 72.2. The van der Waals surface area contributed by atoms with Crippen LogP contribution in [0.15, 0.2) is 194 Å². The highest BCUT2D eigenvalue weighted by atomic mass is 15.1. The first-order valence-electron chi connectivity index (χ1n) is 19.6. The monoisotopic (exact) mass is 693 g/mol. The third kappa shape index (κ3) is 5.14. The van der Waals surface area contributed by atoms with E-state index in [0.29, 0.717) is 5.92 Å². The van der Waals surface area contributed by atoms with Crippen LogP contribution in [0.4, 0.5) is 17.1 Å². The first-order valence-corrected chi connectivity index (χ1v) is 19.6. The molecule has 0 bridgehead atoms. The van der Waals surface area contributed by atoms with E-state index in [0.717, 1.165) is 5.69 Å². The first kappa shape index (κ1) is 32.5. The fraction of sp³-hybridized carbons (Fsp3) is 0.132. The quantitative estimate of drug-likeness (QED) is 0.161. The van der Waals surface area contributed by atoms with Crippen molar-refractivity contribution < 1.29 is 0 Å². The second-order valence-electron chi connectivity index (χ2n) is 15.0. The van der Waals surface area contributed by atoms with Crippen LogP contribution in [0.2, 0.25) is 0 Å². The van der Waals surface area contributed by atoms with Gasteiger partial charge in [0.15, 0.2) is 0 Å². The summed E-state index contributed by atoms with van der Waals surface area (Å²) in [5.41, 5.74) is 14.8. The molecule has 0 heterocycles. The molecule has 1 saturated carbocycles. The normalized spacial score (nSPS) is 14.7. The van der Waals surface area contributed by atoms with E-state index < -0.39 is 5.41 Å². The number of rotatable bonds is 7. The molecule has 0 radical (unpaired) electrons. The molecule has 0 aromatic heterocycles. The van der Waals surface area contributed by atoms with Gasteiger partial charge in [-0.3, -0.25) is 0 Å². The van der Waals surface area contributed by atoms with Crippen molar-refractivity contribution in [2.24, 2.45) is 0 Å². The minimum absolute atomic E-state index is 0.475. The molecule has 0 spiro atoms. The summed E-state index contributed by atoms with van der Waals surface area (Å²) in [6.45, 7) is 0. The number of nitrogens with zero attached hydrogens (tertiary/aromatic N) is 1. The Morgan fingerprint density at radius 1 is 0.407 bits per heavy atom. The fourth-order valence-corrected chi connectivity index (χ4v) is 9.89. The average molecular weight is 694 g/mol. The van der Waals surface area contributed by atoms with E-state index in [1.165, 1.54) is 104 Å². The van der Waals surface area contributed by atoms with Crippen LogP contribution in [-0.2, 0) is 5.41 Å². The van der Waals surface area contributed by atoms with Crippen LogP contribution in [0.3, 0.4) is 0 Å². The third-order valence-electron chi connectivity index (χ3n) is 12.1. The Labute approximate surface area is 319 Å². The lowest BCUT2D eigenvalue weighted by molar-refractivity contribution is 0.445. The van der Waals surface area contributed by atoms with E-state index in [1.807, 2.05) is 0 Å². The lowest BCUT2D eigenvalue weighted by Crippen LogP contribution is -2.28. The highest BCUT2D eigenvalue weighted by Gasteiger charge is 2.47. The van der Waals surface area contributed by atoms with E-state index in [2.05, 4.69) is 199 Å². The predicted octanol–water partition coefficient (Wildman–Crippen LogP) is 14.4. The number of fused-ring (bicyclic) bond motifs is 4. The Morgan fingerprint density at radius 2 is 0.944 bits per heavy atom. The zero-order chi connectivity index (χ0) is 35.9. The lowest BCUT2D eigenvalue weighted by atomic mass is 9.68. The predicted molar refractivity (Wildman–Crippen MR) is 227 cm³/mol. The first-order chi connectivity index (χ1) is 26.8. The van der Waals surface area contributed by atoms with Crippen LogP contribution < -0.4 is 4.90 Å². The number of hydrogen-bond donors (Lipinski definition) is 0. The summed E-state index contributed by atoms with van der Waals surface area (Å²) < 4.78 is 0. The largest absolute Gasteiger partial charge is 0.309 e. The SMILES string of the molecule is c1ccc(N(c2ccccc2-c2cccc3cccc(C4CCCCC4)c23)c2cccc3c2-c2ccccc2C3(c2ccccc2)c2ccccc2)cc1. The van der Waals surface area contributed by atoms with Crippen LogP contribution in [0.25, 0.3) is 33.0 Å². The van der Waals surface area contributed by atoms with E-state index in [-0.39, 0.29) is 0 Å². The van der Waals surface area contributed by atoms with Gasteiger partial charge in [-0.2, -0.15) is 0 Å². The molecule has 0 unspecified atom stereocenters. The Morgan fingerprint density at radius 3 is 1.67 bits per heavy atom. The molecule has 2 aliphatic rings. The summed E-state index contributed by atoms with van der Waals surface area (Å²) in [4.78, 5) is 2.53. The number of hydrogen-bond acceptors (Lipinski definition) is 1. The van der Waals surface area contributed by atoms with Crippen molar-refractivity contribution in [1.82, 2.24) is 0 Å². The molecule has 2 aliphatic carbocycles. The van der Waals surface area contributed by atoms with Gasteiger partial charge in [0.05, 0.1) is 16.8 Å². The highest BCUT2D eigenvalue weighted by molar-refractivity contribution is 6.05. The van der Waals surface area contributed by atoms with Crippen molar-refractivity contribution in [2.75, 3.05) is 4.90 Å². The van der Waals surface area contributed by atoms with Gasteiger partial charge in [0.25, 0.3) is 0 Å². The number of para-hydroxylation sites is 2. The molecule has 0 saturated heterocycles. The van der Waals surface area contributed by atoms with Gasteiger partial charge in [-0.25, -0.2) is 0 Å². The molecular formula is C53H43N. The zero-order valence-electron chi connectivity index (χ0n) is 30.5. The van der Waals surface area contributed by atoms with Gasteiger partial charge in [-0.05, 0) is 92.7 Å². The second kappa shape index (κ2) is 13.7. The van der Waals surface area contributed by atoms with Gasteiger partial charge >= 0.3 is 0 Å². The molecule has 0 N–H and O–H groups in total. The Hall–Kier alpha value is -6.18. The molecule has 1 nitrogen and oxygen atoms in total. The van der Waals surface area contributed by atoms with Crippen LogP contribution in [0.5, 0.6) is 0 Å². The smallest absolute Gasteiger partial charge is 0.0714 e. The van der Waals surface area contributed by atoms with Gasteiger partial charge in [0, 0.05) is 16.8 Å². The van der Waals surface area contributed by atoms with Crippen molar-refractivity contribution in [2.45, 2.75) is 43.4 Å². The fourth-order valence-electron chi connectivity index (χ4n) is 9.89. The highest BCUT2D eigenvalue weighted by Crippen LogP contribution is 2.60. The van der Waals surface area contributed by atoms with Gasteiger partial charge in [-0.15, -0.1) is 0 Å². The van der Waals surface area contributed by atoms with Crippen molar-refractivity contribution in [3.05, 3.63) is 222 Å². The summed E-state index contributed by atoms with van der Waals surface area (Å²) in [5.74, 6) is 0.596. The Balaban J connectivity index is 1.26. The minimum Gasteiger partial charge on any atom is -0.309 e. The van der Waals surface area contributed by atoms with Crippen LogP contribution in [0, 0.1) is 0 Å². The van der Waals surface area contributed by atoms with E-state index in [4.69, 9.17) is 0 Å². The zero-order valence-corrected chi connectivity index (χ0v) is 30.5. The van der Waals surface area contributed by atoms with Crippen molar-refractivity contribution in [3.8, 4) is 22.3 Å².